The number of likely N-dealkylation sites (tertiary alicyclic amines) is 1. The van der Waals surface area contributed by atoms with E-state index in [1.165, 1.54) is 6.42 Å². The minimum absolute atomic E-state index is 0.117. The molecule has 2 aliphatic heterocycles. The first kappa shape index (κ1) is 14.8. The smallest absolute Gasteiger partial charge is 0.229 e. The van der Waals surface area contributed by atoms with Crippen LogP contribution in [0.5, 0.6) is 0 Å². The van der Waals surface area contributed by atoms with Crippen LogP contribution in [-0.4, -0.2) is 43.2 Å². The van der Waals surface area contributed by atoms with Crippen LogP contribution in [0.3, 0.4) is 0 Å². The molecule has 0 spiro atoms. The number of nitrogens with two attached hydrogens (primary N) is 1. The van der Waals surface area contributed by atoms with E-state index in [0.29, 0.717) is 24.5 Å². The SMILES string of the molecule is CC(C)(C)C1CCCN(C(=O)C2COCC2N)CC1. The lowest BCUT2D eigenvalue weighted by Crippen LogP contribution is -2.44. The average Bonchev–Trinajstić information content (AvgIpc) is 2.62. The van der Waals surface area contributed by atoms with E-state index in [1.54, 1.807) is 0 Å². The number of ether oxygens (including phenoxy) is 1. The van der Waals surface area contributed by atoms with Crippen molar-refractivity contribution in [2.75, 3.05) is 26.3 Å². The number of nitrogens with zero attached hydrogens (tertiary/aromatic N) is 1. The molecule has 1 amide bonds. The Balaban J connectivity index is 1.94. The number of hydrogen-bond acceptors (Lipinski definition) is 3. The number of carbonyl (C=O) groups is 1. The molecule has 2 fully saturated rings. The first-order valence-electron chi connectivity index (χ1n) is 7.51. The van der Waals surface area contributed by atoms with Crippen molar-refractivity contribution in [1.82, 2.24) is 4.90 Å². The Kier molecular flexibility index (Phi) is 4.51. The molecule has 19 heavy (non-hydrogen) atoms. The maximum absolute atomic E-state index is 12.5. The van der Waals surface area contributed by atoms with Gasteiger partial charge in [-0.25, -0.2) is 0 Å². The maximum atomic E-state index is 12.5. The molecule has 0 aliphatic carbocycles. The monoisotopic (exact) mass is 268 g/mol. The summed E-state index contributed by atoms with van der Waals surface area (Å²) in [7, 11) is 0. The highest BCUT2D eigenvalue weighted by molar-refractivity contribution is 5.80. The highest BCUT2D eigenvalue weighted by atomic mass is 16.5. The van der Waals surface area contributed by atoms with E-state index in [-0.39, 0.29) is 17.9 Å². The van der Waals surface area contributed by atoms with E-state index in [0.717, 1.165) is 25.9 Å². The summed E-state index contributed by atoms with van der Waals surface area (Å²) in [5.74, 6) is 0.796. The lowest BCUT2D eigenvalue weighted by atomic mass is 9.77. The van der Waals surface area contributed by atoms with Crippen LogP contribution in [0.25, 0.3) is 0 Å². The molecule has 0 aromatic heterocycles. The molecule has 4 nitrogen and oxygen atoms in total. The number of carbonyl (C=O) groups excluding carboxylic acids is 1. The van der Waals surface area contributed by atoms with Gasteiger partial charge < -0.3 is 15.4 Å². The molecule has 0 saturated carbocycles. The molecule has 2 N–H and O–H groups in total. The Morgan fingerprint density at radius 2 is 1.95 bits per heavy atom. The molecular weight excluding hydrogens is 240 g/mol. The van der Waals surface area contributed by atoms with Gasteiger partial charge in [0.05, 0.1) is 19.1 Å². The van der Waals surface area contributed by atoms with Gasteiger partial charge in [-0.1, -0.05) is 20.8 Å². The minimum atomic E-state index is -0.119. The van der Waals surface area contributed by atoms with Gasteiger partial charge in [-0.2, -0.15) is 0 Å². The van der Waals surface area contributed by atoms with Crippen molar-refractivity contribution in [2.24, 2.45) is 23.0 Å². The number of amides is 1. The van der Waals surface area contributed by atoms with Gasteiger partial charge >= 0.3 is 0 Å². The summed E-state index contributed by atoms with van der Waals surface area (Å²) in [6, 6.07) is -0.117. The zero-order valence-corrected chi connectivity index (χ0v) is 12.5. The largest absolute Gasteiger partial charge is 0.379 e. The number of hydrogen-bond donors (Lipinski definition) is 1. The quantitative estimate of drug-likeness (QED) is 0.786. The fourth-order valence-corrected chi connectivity index (χ4v) is 3.24. The summed E-state index contributed by atoms with van der Waals surface area (Å²) in [5, 5.41) is 0. The first-order chi connectivity index (χ1) is 8.89. The van der Waals surface area contributed by atoms with Crippen molar-refractivity contribution < 1.29 is 9.53 Å². The number of rotatable bonds is 1. The average molecular weight is 268 g/mol. The van der Waals surface area contributed by atoms with E-state index < -0.39 is 0 Å². The summed E-state index contributed by atoms with van der Waals surface area (Å²) in [6.07, 6.45) is 3.44. The Morgan fingerprint density at radius 3 is 2.53 bits per heavy atom. The van der Waals surface area contributed by atoms with Gasteiger partial charge in [-0.15, -0.1) is 0 Å². The summed E-state index contributed by atoms with van der Waals surface area (Å²) >= 11 is 0. The fourth-order valence-electron chi connectivity index (χ4n) is 3.24. The molecule has 3 unspecified atom stereocenters. The van der Waals surface area contributed by atoms with Gasteiger partial charge in [-0.3, -0.25) is 4.79 Å². The second kappa shape index (κ2) is 5.80. The summed E-state index contributed by atoms with van der Waals surface area (Å²) < 4.78 is 5.32. The molecule has 4 heteroatoms. The van der Waals surface area contributed by atoms with Gasteiger partial charge in [0.1, 0.15) is 0 Å². The zero-order valence-electron chi connectivity index (χ0n) is 12.5. The minimum Gasteiger partial charge on any atom is -0.379 e. The topological polar surface area (TPSA) is 55.6 Å². The fraction of sp³-hybridized carbons (Fsp3) is 0.933. The van der Waals surface area contributed by atoms with Crippen molar-refractivity contribution in [3.05, 3.63) is 0 Å². The van der Waals surface area contributed by atoms with Gasteiger partial charge in [0, 0.05) is 19.1 Å². The van der Waals surface area contributed by atoms with Crippen molar-refractivity contribution in [3.8, 4) is 0 Å². The van der Waals surface area contributed by atoms with Crippen molar-refractivity contribution >= 4 is 5.91 Å². The standard InChI is InChI=1S/C15H28N2O2/c1-15(2,3)11-5-4-7-17(8-6-11)14(18)12-9-19-10-13(12)16/h11-13H,4-10,16H2,1-3H3. The summed E-state index contributed by atoms with van der Waals surface area (Å²) in [5.41, 5.74) is 6.29. The van der Waals surface area contributed by atoms with Crippen molar-refractivity contribution in [2.45, 2.75) is 46.1 Å². The van der Waals surface area contributed by atoms with E-state index in [9.17, 15) is 4.79 Å². The molecule has 2 rings (SSSR count). The van der Waals surface area contributed by atoms with E-state index in [4.69, 9.17) is 10.5 Å². The van der Waals surface area contributed by atoms with E-state index in [2.05, 4.69) is 20.8 Å². The zero-order chi connectivity index (χ0) is 14.0. The third-order valence-corrected chi connectivity index (χ3v) is 4.71. The summed E-state index contributed by atoms with van der Waals surface area (Å²) in [4.78, 5) is 14.5. The Labute approximate surface area is 116 Å². The van der Waals surface area contributed by atoms with Crippen LogP contribution in [0.4, 0.5) is 0 Å². The lowest BCUT2D eigenvalue weighted by molar-refractivity contribution is -0.135. The van der Waals surface area contributed by atoms with Crippen LogP contribution >= 0.6 is 0 Å². The first-order valence-corrected chi connectivity index (χ1v) is 7.51. The van der Waals surface area contributed by atoms with Crippen LogP contribution in [0, 0.1) is 17.3 Å². The Bertz CT molecular complexity index is 325. The molecule has 2 saturated heterocycles. The second-order valence-electron chi connectivity index (χ2n) is 7.13. The van der Waals surface area contributed by atoms with E-state index in [1.807, 2.05) is 4.90 Å². The van der Waals surface area contributed by atoms with Crippen LogP contribution in [0.1, 0.15) is 40.0 Å². The molecular formula is C15H28N2O2. The third-order valence-electron chi connectivity index (χ3n) is 4.71. The normalized spacial score (nSPS) is 33.3. The van der Waals surface area contributed by atoms with Crippen molar-refractivity contribution in [3.63, 3.8) is 0 Å². The van der Waals surface area contributed by atoms with Gasteiger partial charge in [-0.05, 0) is 30.6 Å². The summed E-state index contributed by atoms with van der Waals surface area (Å²) in [6.45, 7) is 9.69. The molecule has 0 bridgehead atoms. The Morgan fingerprint density at radius 1 is 1.21 bits per heavy atom. The highest BCUT2D eigenvalue weighted by Crippen LogP contribution is 2.34. The predicted octanol–water partition coefficient (Wildman–Crippen LogP) is 1.63. The second-order valence-corrected chi connectivity index (χ2v) is 7.13. The predicted molar refractivity (Wildman–Crippen MR) is 75.7 cm³/mol. The highest BCUT2D eigenvalue weighted by Gasteiger charge is 2.36. The van der Waals surface area contributed by atoms with Gasteiger partial charge in [0.2, 0.25) is 5.91 Å². The maximum Gasteiger partial charge on any atom is 0.229 e. The molecule has 2 aliphatic rings. The third kappa shape index (κ3) is 3.48. The molecule has 0 aromatic carbocycles. The van der Waals surface area contributed by atoms with E-state index >= 15 is 0 Å². The molecule has 3 atom stereocenters. The van der Waals surface area contributed by atoms with Crippen molar-refractivity contribution in [1.29, 1.82) is 0 Å². The van der Waals surface area contributed by atoms with Crippen LogP contribution < -0.4 is 5.73 Å². The van der Waals surface area contributed by atoms with Crippen LogP contribution in [0.2, 0.25) is 0 Å². The molecule has 2 heterocycles. The van der Waals surface area contributed by atoms with Crippen LogP contribution in [0.15, 0.2) is 0 Å². The van der Waals surface area contributed by atoms with Gasteiger partial charge in [0.25, 0.3) is 0 Å². The molecule has 110 valence electrons. The lowest BCUT2D eigenvalue weighted by Gasteiger charge is -2.30. The Hall–Kier alpha value is -0.610. The molecule has 0 radical (unpaired) electrons. The molecule has 0 aromatic rings. The van der Waals surface area contributed by atoms with Crippen LogP contribution in [-0.2, 0) is 9.53 Å². The van der Waals surface area contributed by atoms with Gasteiger partial charge in [0.15, 0.2) is 0 Å².